The Morgan fingerprint density at radius 3 is 2.70 bits per heavy atom. The van der Waals surface area contributed by atoms with Crippen molar-refractivity contribution in [1.29, 1.82) is 0 Å². The van der Waals surface area contributed by atoms with Crippen molar-refractivity contribution in [2.75, 3.05) is 0 Å². The van der Waals surface area contributed by atoms with Gasteiger partial charge >= 0.3 is 0 Å². The third-order valence-electron chi connectivity index (χ3n) is 9.69. The van der Waals surface area contributed by atoms with Gasteiger partial charge in [-0.2, -0.15) is 0 Å². The molecule has 5 aliphatic carbocycles. The summed E-state index contributed by atoms with van der Waals surface area (Å²) in [7, 11) is 0. The number of fused-ring (bicyclic) bond motifs is 6. The molecule has 0 aromatic heterocycles. The van der Waals surface area contributed by atoms with Gasteiger partial charge in [0.05, 0.1) is 0 Å². The number of rotatable bonds is 1. The van der Waals surface area contributed by atoms with E-state index < -0.39 is 0 Å². The summed E-state index contributed by atoms with van der Waals surface area (Å²) in [6.45, 7) is 12.4. The van der Waals surface area contributed by atoms with Gasteiger partial charge in [-0.3, -0.25) is 0 Å². The highest BCUT2D eigenvalue weighted by molar-refractivity contribution is 5.46. The molecule has 3 saturated carbocycles. The van der Waals surface area contributed by atoms with E-state index in [9.17, 15) is 0 Å². The fourth-order valence-corrected chi connectivity index (χ4v) is 8.46. The maximum Gasteiger partial charge on any atom is -0.00139 e. The minimum atomic E-state index is 0.513. The molecule has 23 heavy (non-hydrogen) atoms. The Labute approximate surface area is 142 Å². The first-order chi connectivity index (χ1) is 11.0. The minimum absolute atomic E-state index is 0.513. The molecular formula is C23H34. The standard InChI is InChI=1S/C23H34/c1-5-16-7-9-19-17-12-14(2)18-8-6-15-13-21(15)23(18,4)20(17)10-11-22(16,19)3/h16-20H,2,5-13H2,1,3-4H3/t16-,17-,18?,19-,20-,22+,23-/m0/s1. The second kappa shape index (κ2) is 4.55. The van der Waals surface area contributed by atoms with Crippen LogP contribution in [0.5, 0.6) is 0 Å². The Balaban J connectivity index is 1.55. The lowest BCUT2D eigenvalue weighted by molar-refractivity contribution is -0.0615. The summed E-state index contributed by atoms with van der Waals surface area (Å²) in [4.78, 5) is 0. The molecule has 3 fully saturated rings. The third-order valence-corrected chi connectivity index (χ3v) is 9.69. The lowest BCUT2D eigenvalue weighted by Gasteiger charge is -2.60. The number of hydrogen-bond donors (Lipinski definition) is 0. The van der Waals surface area contributed by atoms with Gasteiger partial charge < -0.3 is 0 Å². The van der Waals surface area contributed by atoms with Crippen molar-refractivity contribution in [3.8, 4) is 0 Å². The summed E-state index contributed by atoms with van der Waals surface area (Å²) < 4.78 is 0. The van der Waals surface area contributed by atoms with Crippen LogP contribution in [0.3, 0.4) is 0 Å². The van der Waals surface area contributed by atoms with Crippen molar-refractivity contribution < 1.29 is 0 Å². The van der Waals surface area contributed by atoms with Crippen LogP contribution in [-0.2, 0) is 0 Å². The predicted octanol–water partition coefficient (Wildman–Crippen LogP) is 6.53. The normalized spacial score (nSPS) is 54.2. The van der Waals surface area contributed by atoms with Gasteiger partial charge in [-0.25, -0.2) is 0 Å². The second-order valence-corrected chi connectivity index (χ2v) is 10.1. The van der Waals surface area contributed by atoms with Crippen LogP contribution in [0.4, 0.5) is 0 Å². The summed E-state index contributed by atoms with van der Waals surface area (Å²) in [5.41, 5.74) is 6.55. The summed E-state index contributed by atoms with van der Waals surface area (Å²) in [6.07, 6.45) is 13.0. The molecular weight excluding hydrogens is 276 g/mol. The molecule has 5 aliphatic rings. The topological polar surface area (TPSA) is 0 Å². The van der Waals surface area contributed by atoms with Crippen LogP contribution in [0, 0.1) is 40.4 Å². The van der Waals surface area contributed by atoms with E-state index in [2.05, 4.69) is 27.4 Å². The molecule has 0 N–H and O–H groups in total. The van der Waals surface area contributed by atoms with Crippen LogP contribution in [0.2, 0.25) is 0 Å². The first-order valence-corrected chi connectivity index (χ1v) is 10.4. The van der Waals surface area contributed by atoms with Gasteiger partial charge in [0.25, 0.3) is 0 Å². The lowest BCUT2D eigenvalue weighted by atomic mass is 9.44. The molecule has 0 radical (unpaired) electrons. The van der Waals surface area contributed by atoms with Crippen molar-refractivity contribution in [3.63, 3.8) is 0 Å². The Bertz CT molecular complexity index is 595. The highest BCUT2D eigenvalue weighted by atomic mass is 14.7. The maximum absolute atomic E-state index is 4.64. The molecule has 0 heteroatoms. The molecule has 0 saturated heterocycles. The summed E-state index contributed by atoms with van der Waals surface area (Å²) >= 11 is 0. The van der Waals surface area contributed by atoms with Gasteiger partial charge in [-0.1, -0.05) is 50.5 Å². The molecule has 5 rings (SSSR count). The van der Waals surface area contributed by atoms with Gasteiger partial charge in [0.15, 0.2) is 0 Å². The van der Waals surface area contributed by atoms with Crippen molar-refractivity contribution in [3.05, 3.63) is 23.3 Å². The fraction of sp³-hybridized carbons (Fsp3) is 0.826. The molecule has 0 amide bonds. The van der Waals surface area contributed by atoms with Gasteiger partial charge in [0.2, 0.25) is 0 Å². The van der Waals surface area contributed by atoms with E-state index in [4.69, 9.17) is 0 Å². The summed E-state index contributed by atoms with van der Waals surface area (Å²) in [5.74, 6) is 4.73. The molecule has 0 aromatic rings. The summed E-state index contributed by atoms with van der Waals surface area (Å²) in [6, 6.07) is 0. The average molecular weight is 311 g/mol. The molecule has 0 spiro atoms. The minimum Gasteiger partial charge on any atom is -0.0995 e. The zero-order valence-corrected chi connectivity index (χ0v) is 15.5. The predicted molar refractivity (Wildman–Crippen MR) is 97.1 cm³/mol. The SMILES string of the molecule is C=C1C[C@H]2[C@@H]3CC[C@H](CC)[C@@]3(C)CC[C@@H]2[C@@]2(C)C3=C(CCC12)C3. The third kappa shape index (κ3) is 1.69. The maximum atomic E-state index is 4.64. The van der Waals surface area contributed by atoms with Crippen LogP contribution >= 0.6 is 0 Å². The fourth-order valence-electron chi connectivity index (χ4n) is 8.46. The first-order valence-electron chi connectivity index (χ1n) is 10.4. The van der Waals surface area contributed by atoms with Gasteiger partial charge in [0.1, 0.15) is 0 Å². The van der Waals surface area contributed by atoms with Crippen LogP contribution in [0.1, 0.15) is 78.6 Å². The lowest BCUT2D eigenvalue weighted by Crippen LogP contribution is -2.52. The van der Waals surface area contributed by atoms with Gasteiger partial charge in [0, 0.05) is 0 Å². The molecule has 126 valence electrons. The Morgan fingerprint density at radius 2 is 1.91 bits per heavy atom. The smallest absolute Gasteiger partial charge is 0.00139 e. The molecule has 0 nitrogen and oxygen atoms in total. The first kappa shape index (κ1) is 14.8. The van der Waals surface area contributed by atoms with Crippen LogP contribution in [-0.4, -0.2) is 0 Å². The average Bonchev–Trinajstić information content (AvgIpc) is 3.23. The van der Waals surface area contributed by atoms with Crippen LogP contribution in [0.25, 0.3) is 0 Å². The Hall–Kier alpha value is -0.520. The monoisotopic (exact) mass is 310 g/mol. The van der Waals surface area contributed by atoms with E-state index in [1.54, 1.807) is 5.57 Å². The molecule has 1 unspecified atom stereocenters. The largest absolute Gasteiger partial charge is 0.0995 e. The van der Waals surface area contributed by atoms with Crippen LogP contribution < -0.4 is 0 Å². The number of allylic oxidation sites excluding steroid dienone is 3. The van der Waals surface area contributed by atoms with Crippen molar-refractivity contribution >= 4 is 0 Å². The molecule has 0 aromatic carbocycles. The zero-order valence-electron chi connectivity index (χ0n) is 15.5. The van der Waals surface area contributed by atoms with E-state index in [1.165, 1.54) is 57.8 Å². The number of hydrogen-bond acceptors (Lipinski definition) is 0. The molecule has 0 heterocycles. The van der Waals surface area contributed by atoms with Crippen molar-refractivity contribution in [2.24, 2.45) is 40.4 Å². The van der Waals surface area contributed by atoms with Gasteiger partial charge in [-0.05, 0) is 91.8 Å². The van der Waals surface area contributed by atoms with Crippen molar-refractivity contribution in [2.45, 2.75) is 78.6 Å². The van der Waals surface area contributed by atoms with E-state index in [-0.39, 0.29) is 0 Å². The quantitative estimate of drug-likeness (QED) is 0.483. The van der Waals surface area contributed by atoms with E-state index in [1.807, 2.05) is 11.1 Å². The zero-order chi connectivity index (χ0) is 16.0. The highest BCUT2D eigenvalue weighted by Gasteiger charge is 2.62. The Morgan fingerprint density at radius 1 is 1.09 bits per heavy atom. The Kier molecular flexibility index (Phi) is 2.93. The van der Waals surface area contributed by atoms with E-state index >= 15 is 0 Å². The van der Waals surface area contributed by atoms with E-state index in [0.29, 0.717) is 10.8 Å². The summed E-state index contributed by atoms with van der Waals surface area (Å²) in [5, 5.41) is 0. The van der Waals surface area contributed by atoms with Crippen LogP contribution in [0.15, 0.2) is 23.3 Å². The highest BCUT2D eigenvalue weighted by Crippen LogP contribution is 2.72. The molecule has 0 aliphatic heterocycles. The molecule has 0 bridgehead atoms. The second-order valence-electron chi connectivity index (χ2n) is 10.1. The van der Waals surface area contributed by atoms with Gasteiger partial charge in [-0.15, -0.1) is 0 Å². The van der Waals surface area contributed by atoms with Crippen molar-refractivity contribution in [1.82, 2.24) is 0 Å². The van der Waals surface area contributed by atoms with E-state index in [0.717, 1.165) is 29.6 Å². The molecule has 7 atom stereocenters.